The van der Waals surface area contributed by atoms with Gasteiger partial charge in [-0.05, 0) is 38.0 Å². The first-order valence-electron chi connectivity index (χ1n) is 10.5. The number of likely N-dealkylation sites (tertiary alicyclic amines) is 2. The zero-order valence-electron chi connectivity index (χ0n) is 15.8. The van der Waals surface area contributed by atoms with E-state index in [2.05, 4.69) is 0 Å². The summed E-state index contributed by atoms with van der Waals surface area (Å²) >= 11 is 0. The van der Waals surface area contributed by atoms with E-state index in [1.807, 2.05) is 9.80 Å². The molecule has 4 aliphatic rings. The summed E-state index contributed by atoms with van der Waals surface area (Å²) in [6.45, 7) is 2.38. The van der Waals surface area contributed by atoms with Gasteiger partial charge in [-0.25, -0.2) is 0 Å². The van der Waals surface area contributed by atoms with Crippen LogP contribution in [0.25, 0.3) is 0 Å². The van der Waals surface area contributed by atoms with E-state index in [0.717, 1.165) is 25.7 Å². The number of ether oxygens (including phenoxy) is 1. The van der Waals surface area contributed by atoms with Crippen molar-refractivity contribution in [2.45, 2.75) is 63.5 Å². The van der Waals surface area contributed by atoms with Gasteiger partial charge in [0.05, 0.1) is 17.9 Å². The van der Waals surface area contributed by atoms with Crippen molar-refractivity contribution in [2.75, 3.05) is 26.2 Å². The zero-order valence-corrected chi connectivity index (χ0v) is 15.8. The second-order valence-electron chi connectivity index (χ2n) is 8.62. The van der Waals surface area contributed by atoms with E-state index in [0.29, 0.717) is 45.1 Å². The molecule has 4 fully saturated rings. The summed E-state index contributed by atoms with van der Waals surface area (Å²) in [4.78, 5) is 40.5. The quantitative estimate of drug-likeness (QED) is 0.801. The summed E-state index contributed by atoms with van der Waals surface area (Å²) in [6.07, 6.45) is 6.80. The molecule has 150 valence electrons. The Morgan fingerprint density at radius 3 is 2.41 bits per heavy atom. The van der Waals surface area contributed by atoms with Crippen molar-refractivity contribution in [3.63, 3.8) is 0 Å². The highest BCUT2D eigenvalue weighted by Gasteiger charge is 2.43. The minimum absolute atomic E-state index is 0.101. The number of rotatable bonds is 4. The van der Waals surface area contributed by atoms with Gasteiger partial charge in [-0.1, -0.05) is 12.8 Å². The number of nitrogens with zero attached hydrogens (tertiary/aromatic N) is 2. The first-order valence-corrected chi connectivity index (χ1v) is 10.5. The van der Waals surface area contributed by atoms with Gasteiger partial charge >= 0.3 is 5.97 Å². The lowest BCUT2D eigenvalue weighted by Crippen LogP contribution is -2.46. The van der Waals surface area contributed by atoms with Crippen LogP contribution in [-0.4, -0.2) is 71.1 Å². The number of carboxylic acids is 1. The first kappa shape index (κ1) is 18.7. The fourth-order valence-corrected chi connectivity index (χ4v) is 5.51. The molecule has 0 aromatic heterocycles. The van der Waals surface area contributed by atoms with Gasteiger partial charge in [-0.2, -0.15) is 0 Å². The van der Waals surface area contributed by atoms with E-state index in [9.17, 15) is 19.5 Å². The molecule has 3 heterocycles. The predicted molar refractivity (Wildman–Crippen MR) is 96.9 cm³/mol. The molecule has 3 atom stereocenters. The van der Waals surface area contributed by atoms with Crippen molar-refractivity contribution in [1.29, 1.82) is 0 Å². The van der Waals surface area contributed by atoms with Gasteiger partial charge in [-0.15, -0.1) is 0 Å². The van der Waals surface area contributed by atoms with Crippen LogP contribution >= 0.6 is 0 Å². The van der Waals surface area contributed by atoms with Crippen LogP contribution in [0.5, 0.6) is 0 Å². The van der Waals surface area contributed by atoms with Crippen LogP contribution in [-0.2, 0) is 19.1 Å². The minimum atomic E-state index is -0.771. The number of carboxylic acid groups (broad SMARTS) is 1. The predicted octanol–water partition coefficient (Wildman–Crippen LogP) is 1.51. The first-order chi connectivity index (χ1) is 13.0. The molecular formula is C20H30N2O5. The monoisotopic (exact) mass is 378 g/mol. The lowest BCUT2D eigenvalue weighted by molar-refractivity contribution is -0.146. The molecule has 0 radical (unpaired) electrons. The van der Waals surface area contributed by atoms with Crippen molar-refractivity contribution in [2.24, 2.45) is 17.8 Å². The van der Waals surface area contributed by atoms with E-state index >= 15 is 0 Å². The van der Waals surface area contributed by atoms with Gasteiger partial charge in [-0.3, -0.25) is 14.4 Å². The second-order valence-corrected chi connectivity index (χ2v) is 8.62. The van der Waals surface area contributed by atoms with Crippen molar-refractivity contribution < 1.29 is 24.2 Å². The Hall–Kier alpha value is -1.63. The molecule has 2 unspecified atom stereocenters. The van der Waals surface area contributed by atoms with Gasteiger partial charge in [0.1, 0.15) is 0 Å². The van der Waals surface area contributed by atoms with Crippen LogP contribution in [0.15, 0.2) is 0 Å². The third kappa shape index (κ3) is 3.71. The lowest BCUT2D eigenvalue weighted by atomic mass is 9.84. The zero-order chi connectivity index (χ0) is 19.0. The smallest absolute Gasteiger partial charge is 0.309 e. The maximum Gasteiger partial charge on any atom is 0.309 e. The van der Waals surface area contributed by atoms with Gasteiger partial charge in [0.2, 0.25) is 11.8 Å². The van der Waals surface area contributed by atoms with Gasteiger partial charge in [0.15, 0.2) is 0 Å². The standard InChI is InChI=1S/C20H30N2O5/c23-17-11-14(12-22(17)15-3-1-2-4-15)19(24)21-8-5-13(6-9-21)18-16(20(25)26)7-10-27-18/h13-16,18H,1-12H2,(H,25,26)/t14?,16?,18-/m0/s1. The number of hydrogen-bond donors (Lipinski definition) is 1. The SMILES string of the molecule is O=C(O)C1CCO[C@H]1C1CCN(C(=O)C2CC(=O)N(C3CCCC3)C2)CC1. The Kier molecular flexibility index (Phi) is 5.39. The fraction of sp³-hybridized carbons (Fsp3) is 0.850. The molecule has 3 saturated heterocycles. The Bertz CT molecular complexity index is 595. The molecular weight excluding hydrogens is 348 g/mol. The molecule has 3 aliphatic heterocycles. The number of carbonyl (C=O) groups is 3. The van der Waals surface area contributed by atoms with Crippen molar-refractivity contribution in [3.8, 4) is 0 Å². The topological polar surface area (TPSA) is 87.1 Å². The maximum atomic E-state index is 12.9. The number of amides is 2. The fourth-order valence-electron chi connectivity index (χ4n) is 5.51. The summed E-state index contributed by atoms with van der Waals surface area (Å²) in [5, 5.41) is 9.36. The molecule has 1 aliphatic carbocycles. The summed E-state index contributed by atoms with van der Waals surface area (Å²) in [6, 6.07) is 0.341. The summed E-state index contributed by atoms with van der Waals surface area (Å²) in [7, 11) is 0. The van der Waals surface area contributed by atoms with Gasteiger partial charge < -0.3 is 19.6 Å². The third-order valence-corrected chi connectivity index (χ3v) is 7.04. The highest BCUT2D eigenvalue weighted by atomic mass is 16.5. The van der Waals surface area contributed by atoms with Crippen LogP contribution in [0, 0.1) is 17.8 Å². The van der Waals surface area contributed by atoms with E-state index in [1.165, 1.54) is 12.8 Å². The minimum Gasteiger partial charge on any atom is -0.481 e. The largest absolute Gasteiger partial charge is 0.481 e. The number of carbonyl (C=O) groups excluding carboxylic acids is 2. The third-order valence-electron chi connectivity index (χ3n) is 7.04. The lowest BCUT2D eigenvalue weighted by Gasteiger charge is -2.36. The van der Waals surface area contributed by atoms with Crippen LogP contribution in [0.3, 0.4) is 0 Å². The van der Waals surface area contributed by atoms with Crippen molar-refractivity contribution in [3.05, 3.63) is 0 Å². The molecule has 1 saturated carbocycles. The Balaban J connectivity index is 1.30. The van der Waals surface area contributed by atoms with Crippen LogP contribution in [0.1, 0.15) is 51.4 Å². The molecule has 7 nitrogen and oxygen atoms in total. The van der Waals surface area contributed by atoms with E-state index < -0.39 is 11.9 Å². The molecule has 4 rings (SSSR count). The molecule has 7 heteroatoms. The summed E-state index contributed by atoms with van der Waals surface area (Å²) in [5.41, 5.74) is 0. The molecule has 0 aromatic rings. The van der Waals surface area contributed by atoms with Crippen molar-refractivity contribution in [1.82, 2.24) is 9.80 Å². The van der Waals surface area contributed by atoms with E-state index in [-0.39, 0.29) is 29.8 Å². The molecule has 0 aromatic carbocycles. The Morgan fingerprint density at radius 1 is 1.04 bits per heavy atom. The summed E-state index contributed by atoms with van der Waals surface area (Å²) in [5.74, 6) is -0.942. The molecule has 1 N–H and O–H groups in total. The van der Waals surface area contributed by atoms with Crippen molar-refractivity contribution >= 4 is 17.8 Å². The maximum absolute atomic E-state index is 12.9. The second kappa shape index (κ2) is 7.78. The Morgan fingerprint density at radius 2 is 1.74 bits per heavy atom. The molecule has 0 bridgehead atoms. The van der Waals surface area contributed by atoms with Crippen LogP contribution < -0.4 is 0 Å². The number of hydrogen-bond acceptors (Lipinski definition) is 4. The van der Waals surface area contributed by atoms with Gasteiger partial charge in [0.25, 0.3) is 0 Å². The van der Waals surface area contributed by atoms with Crippen LogP contribution in [0.4, 0.5) is 0 Å². The van der Waals surface area contributed by atoms with Gasteiger partial charge in [0, 0.05) is 38.7 Å². The average molecular weight is 378 g/mol. The highest BCUT2D eigenvalue weighted by molar-refractivity contribution is 5.89. The molecule has 2 amide bonds. The van der Waals surface area contributed by atoms with E-state index in [1.54, 1.807) is 0 Å². The summed E-state index contributed by atoms with van der Waals surface area (Å²) < 4.78 is 5.71. The average Bonchev–Trinajstić information content (AvgIpc) is 3.41. The highest BCUT2D eigenvalue weighted by Crippen LogP contribution is 2.35. The molecule has 0 spiro atoms. The number of aliphatic carboxylic acids is 1. The Labute approximate surface area is 160 Å². The molecule has 27 heavy (non-hydrogen) atoms. The number of piperidine rings is 1. The van der Waals surface area contributed by atoms with E-state index in [4.69, 9.17) is 4.74 Å². The normalized spacial score (nSPS) is 33.2. The van der Waals surface area contributed by atoms with Crippen LogP contribution in [0.2, 0.25) is 0 Å².